The van der Waals surface area contributed by atoms with Gasteiger partial charge in [-0.15, -0.1) is 0 Å². The SMILES string of the molecule is O=C(COc1ccccc1Cl)Oc1ccc2ccccc2c1Br. The molecule has 5 heteroatoms. The lowest BCUT2D eigenvalue weighted by Crippen LogP contribution is -2.18. The van der Waals surface area contributed by atoms with Crippen molar-refractivity contribution in [2.45, 2.75) is 0 Å². The van der Waals surface area contributed by atoms with Crippen molar-refractivity contribution in [1.82, 2.24) is 0 Å². The zero-order valence-corrected chi connectivity index (χ0v) is 14.3. The molecule has 3 aromatic carbocycles. The summed E-state index contributed by atoms with van der Waals surface area (Å²) in [5, 5.41) is 2.49. The van der Waals surface area contributed by atoms with Crippen molar-refractivity contribution in [3.05, 3.63) is 70.2 Å². The maximum Gasteiger partial charge on any atom is 0.349 e. The van der Waals surface area contributed by atoms with Crippen LogP contribution in [0.1, 0.15) is 0 Å². The molecule has 3 aromatic rings. The summed E-state index contributed by atoms with van der Waals surface area (Å²) in [6.07, 6.45) is 0. The molecular weight excluding hydrogens is 380 g/mol. The normalized spacial score (nSPS) is 10.5. The lowest BCUT2D eigenvalue weighted by atomic mass is 10.1. The molecule has 0 radical (unpaired) electrons. The number of fused-ring (bicyclic) bond motifs is 1. The molecule has 0 atom stereocenters. The summed E-state index contributed by atoms with van der Waals surface area (Å²) < 4.78 is 11.5. The minimum Gasteiger partial charge on any atom is -0.480 e. The average molecular weight is 392 g/mol. The quantitative estimate of drug-likeness (QED) is 0.451. The van der Waals surface area contributed by atoms with Crippen LogP contribution in [0.15, 0.2) is 65.1 Å². The van der Waals surface area contributed by atoms with Crippen LogP contribution in [0.25, 0.3) is 10.8 Å². The van der Waals surface area contributed by atoms with Gasteiger partial charge in [0.2, 0.25) is 0 Å². The summed E-state index contributed by atoms with van der Waals surface area (Å²) in [4.78, 5) is 12.0. The molecule has 0 aromatic heterocycles. The molecule has 0 heterocycles. The van der Waals surface area contributed by atoms with Gasteiger partial charge in [-0.3, -0.25) is 0 Å². The molecule has 0 aliphatic rings. The lowest BCUT2D eigenvalue weighted by Gasteiger charge is -2.10. The highest BCUT2D eigenvalue weighted by molar-refractivity contribution is 9.10. The third-order valence-electron chi connectivity index (χ3n) is 3.23. The summed E-state index contributed by atoms with van der Waals surface area (Å²) in [7, 11) is 0. The highest BCUT2D eigenvalue weighted by Gasteiger charge is 2.12. The minimum absolute atomic E-state index is 0.219. The Morgan fingerprint density at radius 3 is 2.52 bits per heavy atom. The number of benzene rings is 3. The smallest absolute Gasteiger partial charge is 0.349 e. The fraction of sp³-hybridized carbons (Fsp3) is 0.0556. The van der Waals surface area contributed by atoms with Crippen LogP contribution in [0.3, 0.4) is 0 Å². The van der Waals surface area contributed by atoms with Gasteiger partial charge < -0.3 is 9.47 Å². The van der Waals surface area contributed by atoms with E-state index >= 15 is 0 Å². The Kier molecular flexibility index (Phi) is 4.84. The van der Waals surface area contributed by atoms with Crippen LogP contribution in [0.2, 0.25) is 5.02 Å². The van der Waals surface area contributed by atoms with E-state index in [1.807, 2.05) is 30.3 Å². The zero-order valence-electron chi connectivity index (χ0n) is 12.0. The first-order valence-corrected chi connectivity index (χ1v) is 8.07. The van der Waals surface area contributed by atoms with E-state index in [9.17, 15) is 4.79 Å². The van der Waals surface area contributed by atoms with Crippen molar-refractivity contribution >= 4 is 44.3 Å². The van der Waals surface area contributed by atoms with Crippen LogP contribution in [0, 0.1) is 0 Å². The molecule has 0 unspecified atom stereocenters. The number of halogens is 2. The van der Waals surface area contributed by atoms with Gasteiger partial charge in [0, 0.05) is 0 Å². The molecular formula is C18H12BrClO3. The van der Waals surface area contributed by atoms with E-state index in [0.717, 1.165) is 15.2 Å². The first-order chi connectivity index (χ1) is 11.1. The molecule has 0 bridgehead atoms. The van der Waals surface area contributed by atoms with Gasteiger partial charge in [-0.25, -0.2) is 4.79 Å². The monoisotopic (exact) mass is 390 g/mol. The third-order valence-corrected chi connectivity index (χ3v) is 4.36. The number of hydrogen-bond acceptors (Lipinski definition) is 3. The number of hydrogen-bond donors (Lipinski definition) is 0. The molecule has 0 fully saturated rings. The second-order valence-corrected chi connectivity index (χ2v) is 5.99. The van der Waals surface area contributed by atoms with Gasteiger partial charge in [-0.05, 0) is 44.9 Å². The van der Waals surface area contributed by atoms with Crippen LogP contribution >= 0.6 is 27.5 Å². The topological polar surface area (TPSA) is 35.5 Å². The van der Waals surface area contributed by atoms with Crippen molar-refractivity contribution in [2.24, 2.45) is 0 Å². The van der Waals surface area contributed by atoms with Crippen LogP contribution < -0.4 is 9.47 Å². The van der Waals surface area contributed by atoms with E-state index in [1.165, 1.54) is 0 Å². The Balaban J connectivity index is 1.71. The van der Waals surface area contributed by atoms with Crippen LogP contribution in [-0.2, 0) is 4.79 Å². The van der Waals surface area contributed by atoms with Gasteiger partial charge in [0.05, 0.1) is 9.50 Å². The molecule has 0 N–H and O–H groups in total. The van der Waals surface area contributed by atoms with Gasteiger partial charge in [0.15, 0.2) is 6.61 Å². The molecule has 0 saturated carbocycles. The number of carbonyl (C=O) groups excluding carboxylic acids is 1. The molecule has 0 amide bonds. The first-order valence-electron chi connectivity index (χ1n) is 6.90. The highest BCUT2D eigenvalue weighted by atomic mass is 79.9. The first kappa shape index (κ1) is 15.8. The Labute approximate surface area is 146 Å². The van der Waals surface area contributed by atoms with Crippen LogP contribution in [0.5, 0.6) is 11.5 Å². The van der Waals surface area contributed by atoms with E-state index in [-0.39, 0.29) is 6.61 Å². The molecule has 0 saturated heterocycles. The van der Waals surface area contributed by atoms with E-state index < -0.39 is 5.97 Å². The second kappa shape index (κ2) is 7.02. The number of ether oxygens (including phenoxy) is 2. The molecule has 23 heavy (non-hydrogen) atoms. The van der Waals surface area contributed by atoms with Crippen LogP contribution in [-0.4, -0.2) is 12.6 Å². The van der Waals surface area contributed by atoms with Crippen molar-refractivity contribution in [1.29, 1.82) is 0 Å². The number of esters is 1. The Morgan fingerprint density at radius 2 is 1.70 bits per heavy atom. The van der Waals surface area contributed by atoms with E-state index in [4.69, 9.17) is 21.1 Å². The Morgan fingerprint density at radius 1 is 0.957 bits per heavy atom. The molecule has 116 valence electrons. The summed E-state index contributed by atoms with van der Waals surface area (Å²) in [5.74, 6) is 0.404. The van der Waals surface area contributed by atoms with E-state index in [0.29, 0.717) is 16.5 Å². The number of rotatable bonds is 4. The van der Waals surface area contributed by atoms with Crippen molar-refractivity contribution in [3.8, 4) is 11.5 Å². The van der Waals surface area contributed by atoms with E-state index in [1.54, 1.807) is 30.3 Å². The fourth-order valence-corrected chi connectivity index (χ4v) is 2.91. The molecule has 0 aliphatic carbocycles. The third kappa shape index (κ3) is 3.66. The second-order valence-electron chi connectivity index (χ2n) is 4.79. The van der Waals surface area contributed by atoms with Gasteiger partial charge >= 0.3 is 5.97 Å². The maximum absolute atomic E-state index is 12.0. The van der Waals surface area contributed by atoms with Crippen molar-refractivity contribution < 1.29 is 14.3 Å². The highest BCUT2D eigenvalue weighted by Crippen LogP contribution is 2.33. The van der Waals surface area contributed by atoms with Gasteiger partial charge in [0.1, 0.15) is 11.5 Å². The summed E-state index contributed by atoms with van der Waals surface area (Å²) in [5.41, 5.74) is 0. The predicted octanol–water partition coefficient (Wildman–Crippen LogP) is 5.24. The van der Waals surface area contributed by atoms with Gasteiger partial charge in [-0.2, -0.15) is 0 Å². The predicted molar refractivity (Wildman–Crippen MR) is 94.2 cm³/mol. The van der Waals surface area contributed by atoms with Gasteiger partial charge in [-0.1, -0.05) is 54.1 Å². The standard InChI is InChI=1S/C18H12BrClO3/c19-18-13-6-2-1-5-12(13)9-10-16(18)23-17(21)11-22-15-8-4-3-7-14(15)20/h1-10H,11H2. The summed E-state index contributed by atoms with van der Waals surface area (Å²) in [6.45, 7) is -0.219. The maximum atomic E-state index is 12.0. The Bertz CT molecular complexity index is 864. The van der Waals surface area contributed by atoms with Crippen molar-refractivity contribution in [3.63, 3.8) is 0 Å². The molecule has 0 spiro atoms. The number of para-hydroxylation sites is 1. The minimum atomic E-state index is -0.499. The molecule has 0 aliphatic heterocycles. The van der Waals surface area contributed by atoms with Crippen LogP contribution in [0.4, 0.5) is 0 Å². The summed E-state index contributed by atoms with van der Waals surface area (Å²) in [6, 6.07) is 18.5. The Hall–Kier alpha value is -2.04. The molecule has 3 nitrogen and oxygen atoms in total. The average Bonchev–Trinajstić information content (AvgIpc) is 2.57. The largest absolute Gasteiger partial charge is 0.480 e. The lowest BCUT2D eigenvalue weighted by molar-refractivity contribution is -0.136. The van der Waals surface area contributed by atoms with E-state index in [2.05, 4.69) is 15.9 Å². The summed E-state index contributed by atoms with van der Waals surface area (Å²) >= 11 is 9.45. The number of carbonyl (C=O) groups is 1. The van der Waals surface area contributed by atoms with Crippen molar-refractivity contribution in [2.75, 3.05) is 6.61 Å². The zero-order chi connectivity index (χ0) is 16.2. The molecule has 3 rings (SSSR count). The fourth-order valence-electron chi connectivity index (χ4n) is 2.14. The van der Waals surface area contributed by atoms with Gasteiger partial charge in [0.25, 0.3) is 0 Å².